The van der Waals surface area contributed by atoms with Crippen LogP contribution >= 0.6 is 45.9 Å². The van der Waals surface area contributed by atoms with E-state index in [9.17, 15) is 4.79 Å². The van der Waals surface area contributed by atoms with E-state index in [-0.39, 0.29) is 12.7 Å². The van der Waals surface area contributed by atoms with Crippen LogP contribution in [-0.4, -0.2) is 17.7 Å². The molecule has 1 aliphatic rings. The van der Waals surface area contributed by atoms with Crippen molar-refractivity contribution in [2.45, 2.75) is 0 Å². The van der Waals surface area contributed by atoms with Crippen LogP contribution < -0.4 is 14.8 Å². The highest BCUT2D eigenvalue weighted by Crippen LogP contribution is 2.40. The Bertz CT molecular complexity index is 939. The monoisotopic (exact) mass is 398 g/mol. The topological polar surface area (TPSA) is 60.5 Å². The molecule has 0 spiro atoms. The lowest BCUT2D eigenvalue weighted by molar-refractivity contribution is 0.102. The number of aromatic nitrogens is 1. The molecule has 2 aromatic heterocycles. The maximum atomic E-state index is 12.4. The quantitative estimate of drug-likeness (QED) is 0.661. The number of thiazole rings is 1. The molecule has 0 bridgehead atoms. The van der Waals surface area contributed by atoms with Crippen LogP contribution in [0.15, 0.2) is 29.6 Å². The number of anilines is 1. The third kappa shape index (κ3) is 2.95. The van der Waals surface area contributed by atoms with E-state index in [0.29, 0.717) is 31.6 Å². The highest BCUT2D eigenvalue weighted by atomic mass is 35.5. The molecule has 0 fully saturated rings. The first-order valence-corrected chi connectivity index (χ1v) is 9.17. The van der Waals surface area contributed by atoms with E-state index in [1.54, 1.807) is 6.07 Å². The summed E-state index contributed by atoms with van der Waals surface area (Å²) >= 11 is 14.8. The number of amides is 1. The van der Waals surface area contributed by atoms with Crippen molar-refractivity contribution in [3.63, 3.8) is 0 Å². The smallest absolute Gasteiger partial charge is 0.257 e. The van der Waals surface area contributed by atoms with Crippen molar-refractivity contribution >= 4 is 56.9 Å². The number of nitrogens with one attached hydrogen (secondary N) is 1. The number of hydrogen-bond acceptors (Lipinski definition) is 6. The van der Waals surface area contributed by atoms with Crippen molar-refractivity contribution < 1.29 is 14.3 Å². The second kappa shape index (κ2) is 6.25. The molecule has 0 saturated heterocycles. The van der Waals surface area contributed by atoms with Gasteiger partial charge in [0.2, 0.25) is 6.79 Å². The van der Waals surface area contributed by atoms with Gasteiger partial charge in [-0.1, -0.05) is 23.2 Å². The van der Waals surface area contributed by atoms with Crippen molar-refractivity contribution in [2.24, 2.45) is 0 Å². The molecule has 9 heteroatoms. The summed E-state index contributed by atoms with van der Waals surface area (Å²) in [6.45, 7) is 0.0966. The number of halogens is 2. The SMILES string of the molecule is O=C(Nc1nc(-c2ccc(Cl)s2)cs1)c1cc(Cl)c2c(c1)OCO2. The molecule has 0 unspecified atom stereocenters. The Labute approximate surface area is 154 Å². The van der Waals surface area contributed by atoms with Gasteiger partial charge in [0.05, 0.1) is 19.9 Å². The standard InChI is InChI=1S/C15H8Cl2N2O3S2/c16-8-3-7(4-10-13(8)22-6-21-10)14(20)19-15-18-9(5-23-15)11-1-2-12(17)24-11/h1-5H,6H2,(H,18,19,20). The van der Waals surface area contributed by atoms with E-state index >= 15 is 0 Å². The van der Waals surface area contributed by atoms with E-state index < -0.39 is 0 Å². The zero-order chi connectivity index (χ0) is 16.7. The van der Waals surface area contributed by atoms with E-state index in [0.717, 1.165) is 10.6 Å². The van der Waals surface area contributed by atoms with E-state index in [4.69, 9.17) is 32.7 Å². The summed E-state index contributed by atoms with van der Waals surface area (Å²) in [6.07, 6.45) is 0. The van der Waals surface area contributed by atoms with Gasteiger partial charge in [0.15, 0.2) is 16.6 Å². The minimum atomic E-state index is -0.319. The Morgan fingerprint density at radius 3 is 2.92 bits per heavy atom. The predicted molar refractivity (Wildman–Crippen MR) is 96.0 cm³/mol. The highest BCUT2D eigenvalue weighted by molar-refractivity contribution is 7.20. The number of carbonyl (C=O) groups excluding carboxylic acids is 1. The number of benzene rings is 1. The van der Waals surface area contributed by atoms with E-state index in [1.807, 2.05) is 17.5 Å². The fourth-order valence-electron chi connectivity index (χ4n) is 2.16. The Hall–Kier alpha value is -1.80. The normalized spacial score (nSPS) is 12.4. The average Bonchev–Trinajstić information content (AvgIpc) is 3.26. The van der Waals surface area contributed by atoms with Gasteiger partial charge >= 0.3 is 0 Å². The third-order valence-electron chi connectivity index (χ3n) is 3.24. The van der Waals surface area contributed by atoms with Crippen molar-refractivity contribution in [2.75, 3.05) is 12.1 Å². The van der Waals surface area contributed by atoms with Gasteiger partial charge in [-0.15, -0.1) is 22.7 Å². The molecule has 1 aromatic carbocycles. The van der Waals surface area contributed by atoms with Crippen molar-refractivity contribution in [1.82, 2.24) is 4.98 Å². The first-order chi connectivity index (χ1) is 11.6. The molecule has 0 aliphatic carbocycles. The highest BCUT2D eigenvalue weighted by Gasteiger charge is 2.21. The molecule has 1 amide bonds. The lowest BCUT2D eigenvalue weighted by Gasteiger charge is -2.04. The van der Waals surface area contributed by atoms with Crippen LogP contribution in [0.4, 0.5) is 5.13 Å². The first-order valence-electron chi connectivity index (χ1n) is 6.72. The second-order valence-corrected chi connectivity index (χ2v) is 7.77. The predicted octanol–water partition coefficient (Wildman–Crippen LogP) is 5.16. The molecule has 5 nitrogen and oxygen atoms in total. The van der Waals surface area contributed by atoms with Gasteiger partial charge in [0.25, 0.3) is 5.91 Å². The van der Waals surface area contributed by atoms with Gasteiger partial charge in [0, 0.05) is 10.9 Å². The summed E-state index contributed by atoms with van der Waals surface area (Å²) in [5.74, 6) is 0.598. The van der Waals surface area contributed by atoms with Gasteiger partial charge in [-0.3, -0.25) is 10.1 Å². The Balaban J connectivity index is 1.55. The number of fused-ring (bicyclic) bond motifs is 1. The van der Waals surface area contributed by atoms with Crippen molar-refractivity contribution in [3.8, 4) is 22.1 Å². The third-order valence-corrected chi connectivity index (χ3v) is 5.53. The van der Waals surface area contributed by atoms with Gasteiger partial charge in [-0.25, -0.2) is 4.98 Å². The van der Waals surface area contributed by atoms with Gasteiger partial charge in [-0.2, -0.15) is 0 Å². The van der Waals surface area contributed by atoms with Gasteiger partial charge < -0.3 is 9.47 Å². The molecule has 122 valence electrons. The molecule has 24 heavy (non-hydrogen) atoms. The summed E-state index contributed by atoms with van der Waals surface area (Å²) in [5, 5.41) is 5.45. The molecular weight excluding hydrogens is 391 g/mol. The molecule has 0 radical (unpaired) electrons. The zero-order valence-electron chi connectivity index (χ0n) is 11.8. The lowest BCUT2D eigenvalue weighted by atomic mass is 10.2. The number of thiophene rings is 1. The summed E-state index contributed by atoms with van der Waals surface area (Å²) < 4.78 is 11.2. The van der Waals surface area contributed by atoms with Crippen LogP contribution in [0.5, 0.6) is 11.5 Å². The van der Waals surface area contributed by atoms with E-state index in [1.165, 1.54) is 28.7 Å². The van der Waals surface area contributed by atoms with E-state index in [2.05, 4.69) is 10.3 Å². The Morgan fingerprint density at radius 2 is 2.12 bits per heavy atom. The first kappa shape index (κ1) is 15.7. The molecule has 4 rings (SSSR count). The average molecular weight is 399 g/mol. The van der Waals surface area contributed by atoms with Gasteiger partial charge in [-0.05, 0) is 24.3 Å². The Morgan fingerprint density at radius 1 is 1.25 bits per heavy atom. The molecule has 3 heterocycles. The van der Waals surface area contributed by atoms with Crippen LogP contribution in [-0.2, 0) is 0 Å². The largest absolute Gasteiger partial charge is 0.454 e. The molecule has 0 atom stereocenters. The maximum Gasteiger partial charge on any atom is 0.257 e. The minimum absolute atomic E-state index is 0.0966. The van der Waals surface area contributed by atoms with Crippen LogP contribution in [0, 0.1) is 0 Å². The number of carbonyl (C=O) groups is 1. The van der Waals surface area contributed by atoms with Gasteiger partial charge in [0.1, 0.15) is 0 Å². The summed E-state index contributed by atoms with van der Waals surface area (Å²) in [4.78, 5) is 17.7. The lowest BCUT2D eigenvalue weighted by Crippen LogP contribution is -2.11. The zero-order valence-corrected chi connectivity index (χ0v) is 15.0. The number of hydrogen-bond donors (Lipinski definition) is 1. The fourth-order valence-corrected chi connectivity index (χ4v) is 4.21. The fraction of sp³-hybridized carbons (Fsp3) is 0.0667. The number of nitrogens with zero attached hydrogens (tertiary/aromatic N) is 1. The second-order valence-electron chi connectivity index (χ2n) is 4.79. The summed E-state index contributed by atoms with van der Waals surface area (Å²) in [7, 11) is 0. The van der Waals surface area contributed by atoms with Crippen LogP contribution in [0.3, 0.4) is 0 Å². The molecule has 0 saturated carbocycles. The maximum absolute atomic E-state index is 12.4. The molecule has 3 aromatic rings. The molecule has 1 aliphatic heterocycles. The van der Waals surface area contributed by atoms with Crippen LogP contribution in [0.1, 0.15) is 10.4 Å². The van der Waals surface area contributed by atoms with Crippen LogP contribution in [0.25, 0.3) is 10.6 Å². The molecule has 1 N–H and O–H groups in total. The number of ether oxygens (including phenoxy) is 2. The molecular formula is C15H8Cl2N2O3S2. The van der Waals surface area contributed by atoms with Crippen molar-refractivity contribution in [3.05, 3.63) is 44.6 Å². The number of rotatable bonds is 3. The summed E-state index contributed by atoms with van der Waals surface area (Å²) in [6, 6.07) is 6.84. The summed E-state index contributed by atoms with van der Waals surface area (Å²) in [5.41, 5.74) is 1.15. The Kier molecular flexibility index (Phi) is 4.09. The van der Waals surface area contributed by atoms with Crippen LogP contribution in [0.2, 0.25) is 9.36 Å². The minimum Gasteiger partial charge on any atom is -0.454 e. The van der Waals surface area contributed by atoms with Crippen molar-refractivity contribution in [1.29, 1.82) is 0 Å².